The van der Waals surface area contributed by atoms with Crippen LogP contribution in [0.5, 0.6) is 0 Å². The maximum Gasteiger partial charge on any atom is 0.237 e. The molecule has 1 fully saturated rings. The van der Waals surface area contributed by atoms with Crippen LogP contribution in [-0.2, 0) is 16.1 Å². The Morgan fingerprint density at radius 1 is 1.24 bits per heavy atom. The fraction of sp³-hybridized carbons (Fsp3) is 0.500. The van der Waals surface area contributed by atoms with Gasteiger partial charge < -0.3 is 16.4 Å². The minimum Gasteiger partial charge on any atom is -0.351 e. The van der Waals surface area contributed by atoms with E-state index in [9.17, 15) is 9.59 Å². The number of carbonyl (C=O) groups excluding carboxylic acids is 2. The molecule has 1 aromatic rings. The zero-order valence-electron chi connectivity index (χ0n) is 12.6. The summed E-state index contributed by atoms with van der Waals surface area (Å²) < 4.78 is 0. The van der Waals surface area contributed by atoms with E-state index in [-0.39, 0.29) is 23.7 Å². The summed E-state index contributed by atoms with van der Waals surface area (Å²) in [5.74, 6) is 0.265. The Bertz CT molecular complexity index is 507. The highest BCUT2D eigenvalue weighted by Crippen LogP contribution is 2.30. The van der Waals surface area contributed by atoms with Crippen molar-refractivity contribution in [2.75, 3.05) is 5.32 Å². The first-order chi connectivity index (χ1) is 9.97. The zero-order valence-corrected chi connectivity index (χ0v) is 12.6. The van der Waals surface area contributed by atoms with Gasteiger partial charge in [0.05, 0.1) is 6.04 Å². The maximum absolute atomic E-state index is 11.8. The molecule has 5 nitrogen and oxygen atoms in total. The molecule has 2 amide bonds. The van der Waals surface area contributed by atoms with Gasteiger partial charge in [0.1, 0.15) is 0 Å². The van der Waals surface area contributed by atoms with E-state index < -0.39 is 6.04 Å². The van der Waals surface area contributed by atoms with E-state index in [4.69, 9.17) is 5.73 Å². The van der Waals surface area contributed by atoms with E-state index in [1.54, 1.807) is 0 Å². The summed E-state index contributed by atoms with van der Waals surface area (Å²) in [6, 6.07) is 7.00. The molecule has 0 bridgehead atoms. The molecular weight excluding hydrogens is 266 g/mol. The topological polar surface area (TPSA) is 84.2 Å². The predicted octanol–water partition coefficient (Wildman–Crippen LogP) is 1.63. The summed E-state index contributed by atoms with van der Waals surface area (Å²) in [4.78, 5) is 23.4. The Morgan fingerprint density at radius 2 is 1.86 bits per heavy atom. The van der Waals surface area contributed by atoms with E-state index in [0.29, 0.717) is 6.54 Å². The third-order valence-corrected chi connectivity index (χ3v) is 3.66. The van der Waals surface area contributed by atoms with Gasteiger partial charge in [-0.2, -0.15) is 0 Å². The lowest BCUT2D eigenvalue weighted by atomic mass is 10.0. The quantitative estimate of drug-likeness (QED) is 0.744. The fourth-order valence-corrected chi connectivity index (χ4v) is 1.91. The van der Waals surface area contributed by atoms with Gasteiger partial charge >= 0.3 is 0 Å². The molecule has 1 aliphatic carbocycles. The van der Waals surface area contributed by atoms with Crippen molar-refractivity contribution in [2.45, 2.75) is 39.3 Å². The molecule has 5 heteroatoms. The monoisotopic (exact) mass is 289 g/mol. The molecular formula is C16H23N3O2. The van der Waals surface area contributed by atoms with Gasteiger partial charge in [0.25, 0.3) is 0 Å². The normalized spacial score (nSPS) is 15.6. The van der Waals surface area contributed by atoms with Crippen molar-refractivity contribution < 1.29 is 9.59 Å². The molecule has 1 aromatic carbocycles. The molecule has 4 N–H and O–H groups in total. The lowest BCUT2D eigenvalue weighted by Gasteiger charge is -2.15. The van der Waals surface area contributed by atoms with Crippen LogP contribution in [0.1, 0.15) is 32.3 Å². The van der Waals surface area contributed by atoms with Crippen molar-refractivity contribution in [3.05, 3.63) is 29.8 Å². The highest BCUT2D eigenvalue weighted by Gasteiger charge is 2.29. The number of hydrogen-bond acceptors (Lipinski definition) is 3. The second kappa shape index (κ2) is 6.72. The van der Waals surface area contributed by atoms with Gasteiger partial charge in [-0.1, -0.05) is 26.0 Å². The van der Waals surface area contributed by atoms with Crippen LogP contribution in [0, 0.1) is 11.8 Å². The molecule has 1 atom stereocenters. The van der Waals surface area contributed by atoms with Crippen molar-refractivity contribution in [3.63, 3.8) is 0 Å². The molecule has 21 heavy (non-hydrogen) atoms. The minimum absolute atomic E-state index is 0.0963. The number of nitrogens with one attached hydrogen (secondary N) is 2. The fourth-order valence-electron chi connectivity index (χ4n) is 1.91. The van der Waals surface area contributed by atoms with Gasteiger partial charge in [-0.15, -0.1) is 0 Å². The standard InChI is InChI=1S/C16H23N3O2/c1-10(2)14(17)16(21)18-9-11-3-7-13(8-4-11)19-15(20)12-5-6-12/h3-4,7-8,10,12,14H,5-6,9,17H2,1-2H3,(H,18,21)(H,19,20)/t14-/m0/s1. The van der Waals surface area contributed by atoms with Crippen molar-refractivity contribution in [1.82, 2.24) is 5.32 Å². The first-order valence-electron chi connectivity index (χ1n) is 7.40. The number of anilines is 1. The van der Waals surface area contributed by atoms with Crippen molar-refractivity contribution in [1.29, 1.82) is 0 Å². The summed E-state index contributed by atoms with van der Waals surface area (Å²) in [6.07, 6.45) is 1.98. The first kappa shape index (κ1) is 15.5. The summed E-state index contributed by atoms with van der Waals surface area (Å²) >= 11 is 0. The third-order valence-electron chi connectivity index (χ3n) is 3.66. The Kier molecular flexibility index (Phi) is 4.96. The smallest absolute Gasteiger partial charge is 0.237 e. The number of carbonyl (C=O) groups is 2. The summed E-state index contributed by atoms with van der Waals surface area (Å²) in [7, 11) is 0. The number of rotatable bonds is 6. The van der Waals surface area contributed by atoms with Crippen LogP contribution < -0.4 is 16.4 Å². The van der Waals surface area contributed by atoms with E-state index in [1.165, 1.54) is 0 Å². The molecule has 1 saturated carbocycles. The lowest BCUT2D eigenvalue weighted by Crippen LogP contribution is -2.43. The number of nitrogens with two attached hydrogens (primary N) is 1. The highest BCUT2D eigenvalue weighted by atomic mass is 16.2. The number of hydrogen-bond donors (Lipinski definition) is 3. The summed E-state index contributed by atoms with van der Waals surface area (Å²) in [6.45, 7) is 4.28. The van der Waals surface area contributed by atoms with E-state index >= 15 is 0 Å². The molecule has 114 valence electrons. The maximum atomic E-state index is 11.8. The van der Waals surface area contributed by atoms with Crippen LogP contribution in [0.15, 0.2) is 24.3 Å². The van der Waals surface area contributed by atoms with Gasteiger partial charge in [0.2, 0.25) is 11.8 Å². The minimum atomic E-state index is -0.484. The van der Waals surface area contributed by atoms with Crippen LogP contribution in [0.3, 0.4) is 0 Å². The average molecular weight is 289 g/mol. The Hall–Kier alpha value is -1.88. The van der Waals surface area contributed by atoms with Crippen LogP contribution in [0.4, 0.5) is 5.69 Å². The van der Waals surface area contributed by atoms with E-state index in [0.717, 1.165) is 24.1 Å². The molecule has 2 rings (SSSR count). The van der Waals surface area contributed by atoms with Gasteiger partial charge in [0.15, 0.2) is 0 Å². The molecule has 0 aliphatic heterocycles. The molecule has 1 aliphatic rings. The van der Waals surface area contributed by atoms with E-state index in [2.05, 4.69) is 10.6 Å². The van der Waals surface area contributed by atoms with Gasteiger partial charge in [0, 0.05) is 18.2 Å². The largest absolute Gasteiger partial charge is 0.351 e. The average Bonchev–Trinajstić information content (AvgIpc) is 3.29. The van der Waals surface area contributed by atoms with Crippen molar-refractivity contribution in [3.8, 4) is 0 Å². The van der Waals surface area contributed by atoms with Crippen LogP contribution in [0.2, 0.25) is 0 Å². The molecule has 0 aromatic heterocycles. The van der Waals surface area contributed by atoms with Crippen LogP contribution >= 0.6 is 0 Å². The van der Waals surface area contributed by atoms with Crippen LogP contribution in [0.25, 0.3) is 0 Å². The Balaban J connectivity index is 1.81. The third kappa shape index (κ3) is 4.56. The summed E-state index contributed by atoms with van der Waals surface area (Å²) in [5, 5.41) is 5.70. The van der Waals surface area contributed by atoms with Gasteiger partial charge in [-0.05, 0) is 36.5 Å². The van der Waals surface area contributed by atoms with Crippen LogP contribution in [-0.4, -0.2) is 17.9 Å². The first-order valence-corrected chi connectivity index (χ1v) is 7.40. The zero-order chi connectivity index (χ0) is 15.4. The second-order valence-corrected chi connectivity index (χ2v) is 5.95. The molecule has 0 radical (unpaired) electrons. The van der Waals surface area contributed by atoms with Crippen molar-refractivity contribution >= 4 is 17.5 Å². The number of amides is 2. The molecule has 0 saturated heterocycles. The molecule has 0 heterocycles. The van der Waals surface area contributed by atoms with Gasteiger partial charge in [-0.25, -0.2) is 0 Å². The molecule has 0 spiro atoms. The molecule has 0 unspecified atom stereocenters. The second-order valence-electron chi connectivity index (χ2n) is 5.95. The van der Waals surface area contributed by atoms with Gasteiger partial charge in [-0.3, -0.25) is 9.59 Å². The predicted molar refractivity (Wildman–Crippen MR) is 82.5 cm³/mol. The lowest BCUT2D eigenvalue weighted by molar-refractivity contribution is -0.123. The SMILES string of the molecule is CC(C)[C@H](N)C(=O)NCc1ccc(NC(=O)C2CC2)cc1. The Morgan fingerprint density at radius 3 is 2.38 bits per heavy atom. The number of benzene rings is 1. The Labute approximate surface area is 125 Å². The highest BCUT2D eigenvalue weighted by molar-refractivity contribution is 5.94. The van der Waals surface area contributed by atoms with Crippen molar-refractivity contribution in [2.24, 2.45) is 17.6 Å². The summed E-state index contributed by atoms with van der Waals surface area (Å²) in [5.41, 5.74) is 7.55. The van der Waals surface area contributed by atoms with E-state index in [1.807, 2.05) is 38.1 Å².